The third-order valence-corrected chi connectivity index (χ3v) is 6.53. The van der Waals surface area contributed by atoms with Gasteiger partial charge in [0.15, 0.2) is 0 Å². The molecule has 2 saturated carbocycles. The molecule has 4 aliphatic rings. The van der Waals surface area contributed by atoms with Crippen LogP contribution in [0.15, 0.2) is 12.2 Å². The highest BCUT2D eigenvalue weighted by Crippen LogP contribution is 2.70. The van der Waals surface area contributed by atoms with Gasteiger partial charge in [0.05, 0.1) is 0 Å². The Balaban J connectivity index is 1.50. The minimum absolute atomic E-state index is 0.297. The van der Waals surface area contributed by atoms with Crippen molar-refractivity contribution in [3.8, 4) is 0 Å². The standard InChI is InChI=1S/C18H28N2O/c1-19(2)12-14-5-3-4-10-20(14)17(21)15-11-13-6-7-16(15)18(13)8-9-18/h6-7,13-16H,3-5,8-12H2,1-2H3/t13-,14-,15+,16-/m1/s1. The number of piperidine rings is 1. The monoisotopic (exact) mass is 288 g/mol. The van der Waals surface area contributed by atoms with Gasteiger partial charge in [-0.05, 0) is 69.9 Å². The molecule has 0 N–H and O–H groups in total. The van der Waals surface area contributed by atoms with Crippen LogP contribution in [0.1, 0.15) is 38.5 Å². The summed E-state index contributed by atoms with van der Waals surface area (Å²) in [6, 6.07) is 0.444. The van der Waals surface area contributed by atoms with Crippen LogP contribution in [0.3, 0.4) is 0 Å². The van der Waals surface area contributed by atoms with Gasteiger partial charge in [0.2, 0.25) is 5.91 Å². The largest absolute Gasteiger partial charge is 0.338 e. The second-order valence-corrected chi connectivity index (χ2v) is 8.04. The molecule has 1 heterocycles. The SMILES string of the molecule is CN(C)C[C@H]1CCCCN1C(=O)[C@H]1C[C@H]2C=C[C@H]1C21CC1. The van der Waals surface area contributed by atoms with Crippen LogP contribution in [0.2, 0.25) is 0 Å². The van der Waals surface area contributed by atoms with E-state index in [0.29, 0.717) is 35.1 Å². The summed E-state index contributed by atoms with van der Waals surface area (Å²) in [6.45, 7) is 2.01. The van der Waals surface area contributed by atoms with Crippen molar-refractivity contribution in [2.45, 2.75) is 44.6 Å². The summed E-state index contributed by atoms with van der Waals surface area (Å²) < 4.78 is 0. The molecule has 3 heteroatoms. The predicted octanol–water partition coefficient (Wildman–Crippen LogP) is 2.53. The van der Waals surface area contributed by atoms with Gasteiger partial charge in [-0.15, -0.1) is 0 Å². The van der Waals surface area contributed by atoms with E-state index in [1.165, 1.54) is 32.1 Å². The van der Waals surface area contributed by atoms with E-state index in [1.54, 1.807) is 0 Å². The zero-order chi connectivity index (χ0) is 14.6. The van der Waals surface area contributed by atoms with Gasteiger partial charge in [-0.25, -0.2) is 0 Å². The zero-order valence-electron chi connectivity index (χ0n) is 13.4. The highest BCUT2D eigenvalue weighted by Gasteiger charge is 2.64. The average molecular weight is 288 g/mol. The average Bonchev–Trinajstić information content (AvgIpc) is 3.13. The van der Waals surface area contributed by atoms with Crippen molar-refractivity contribution < 1.29 is 4.79 Å². The molecule has 1 amide bonds. The number of allylic oxidation sites excluding steroid dienone is 2. The van der Waals surface area contributed by atoms with Crippen molar-refractivity contribution in [1.82, 2.24) is 9.80 Å². The smallest absolute Gasteiger partial charge is 0.226 e. The molecule has 1 saturated heterocycles. The summed E-state index contributed by atoms with van der Waals surface area (Å²) in [6.07, 6.45) is 12.3. The maximum Gasteiger partial charge on any atom is 0.226 e. The first-order valence-corrected chi connectivity index (χ1v) is 8.75. The first kappa shape index (κ1) is 13.8. The van der Waals surface area contributed by atoms with Crippen molar-refractivity contribution in [2.24, 2.45) is 23.2 Å². The number of rotatable bonds is 3. The molecular weight excluding hydrogens is 260 g/mol. The molecule has 2 bridgehead atoms. The number of hydrogen-bond acceptors (Lipinski definition) is 2. The van der Waals surface area contributed by atoms with Gasteiger partial charge in [0, 0.05) is 25.0 Å². The number of hydrogen-bond donors (Lipinski definition) is 0. The van der Waals surface area contributed by atoms with E-state index in [0.717, 1.165) is 19.5 Å². The van der Waals surface area contributed by atoms with Crippen molar-refractivity contribution in [2.75, 3.05) is 27.2 Å². The topological polar surface area (TPSA) is 23.6 Å². The van der Waals surface area contributed by atoms with E-state index in [9.17, 15) is 4.79 Å². The van der Waals surface area contributed by atoms with Gasteiger partial charge in [0.25, 0.3) is 0 Å². The lowest BCUT2D eigenvalue weighted by Crippen LogP contribution is -2.51. The van der Waals surface area contributed by atoms with E-state index in [1.807, 2.05) is 0 Å². The minimum Gasteiger partial charge on any atom is -0.338 e. The van der Waals surface area contributed by atoms with Crippen molar-refractivity contribution >= 4 is 5.91 Å². The van der Waals surface area contributed by atoms with Crippen LogP contribution in [-0.2, 0) is 4.79 Å². The van der Waals surface area contributed by atoms with Crippen LogP contribution in [0.5, 0.6) is 0 Å². The number of nitrogens with zero attached hydrogens (tertiary/aromatic N) is 2. The fraction of sp³-hybridized carbons (Fsp3) is 0.833. The van der Waals surface area contributed by atoms with Gasteiger partial charge in [-0.3, -0.25) is 4.79 Å². The number of carbonyl (C=O) groups is 1. The van der Waals surface area contributed by atoms with Gasteiger partial charge in [-0.1, -0.05) is 12.2 Å². The van der Waals surface area contributed by atoms with Crippen LogP contribution in [-0.4, -0.2) is 48.9 Å². The Morgan fingerprint density at radius 1 is 1.29 bits per heavy atom. The molecule has 0 aromatic rings. The lowest BCUT2D eigenvalue weighted by atomic mass is 9.87. The fourth-order valence-corrected chi connectivity index (χ4v) is 5.37. The first-order valence-electron chi connectivity index (χ1n) is 8.75. The van der Waals surface area contributed by atoms with Gasteiger partial charge >= 0.3 is 0 Å². The lowest BCUT2D eigenvalue weighted by Gasteiger charge is -2.39. The van der Waals surface area contributed by atoms with Crippen molar-refractivity contribution in [3.05, 3.63) is 12.2 Å². The van der Waals surface area contributed by atoms with E-state index >= 15 is 0 Å². The maximum absolute atomic E-state index is 13.2. The summed E-state index contributed by atoms with van der Waals surface area (Å²) in [5, 5.41) is 0. The Bertz CT molecular complexity index is 466. The number of carbonyl (C=O) groups excluding carboxylic acids is 1. The Morgan fingerprint density at radius 3 is 2.76 bits per heavy atom. The van der Waals surface area contributed by atoms with Crippen LogP contribution in [0.4, 0.5) is 0 Å². The first-order chi connectivity index (χ1) is 10.1. The van der Waals surface area contributed by atoms with Crippen molar-refractivity contribution in [1.29, 1.82) is 0 Å². The molecule has 1 aliphatic heterocycles. The van der Waals surface area contributed by atoms with Crippen molar-refractivity contribution in [3.63, 3.8) is 0 Å². The van der Waals surface area contributed by atoms with Gasteiger partial charge < -0.3 is 9.80 Å². The summed E-state index contributed by atoms with van der Waals surface area (Å²) in [5.74, 6) is 2.06. The fourth-order valence-electron chi connectivity index (χ4n) is 5.37. The molecule has 0 radical (unpaired) electrons. The molecule has 0 aromatic carbocycles. The van der Waals surface area contributed by atoms with Crippen LogP contribution in [0, 0.1) is 23.2 Å². The Kier molecular flexibility index (Phi) is 3.18. The van der Waals surface area contributed by atoms with Gasteiger partial charge in [0.1, 0.15) is 0 Å². The Labute approximate surface area is 128 Å². The molecule has 3 aliphatic carbocycles. The predicted molar refractivity (Wildman–Crippen MR) is 83.8 cm³/mol. The summed E-state index contributed by atoms with van der Waals surface area (Å²) in [4.78, 5) is 17.7. The highest BCUT2D eigenvalue weighted by molar-refractivity contribution is 5.81. The van der Waals surface area contributed by atoms with Gasteiger partial charge in [-0.2, -0.15) is 0 Å². The quantitative estimate of drug-likeness (QED) is 0.745. The minimum atomic E-state index is 0.297. The molecule has 4 atom stereocenters. The molecule has 3 nitrogen and oxygen atoms in total. The molecule has 116 valence electrons. The molecular formula is C18H28N2O. The normalized spacial score (nSPS) is 39.5. The number of likely N-dealkylation sites (tertiary alicyclic amines) is 1. The highest BCUT2D eigenvalue weighted by atomic mass is 16.2. The number of likely N-dealkylation sites (N-methyl/N-ethyl adjacent to an activating group) is 1. The zero-order valence-corrected chi connectivity index (χ0v) is 13.4. The van der Waals surface area contributed by atoms with E-state index in [2.05, 4.69) is 36.0 Å². The van der Waals surface area contributed by atoms with Crippen LogP contribution < -0.4 is 0 Å². The summed E-state index contributed by atoms with van der Waals surface area (Å²) in [7, 11) is 4.24. The third kappa shape index (κ3) is 2.08. The second-order valence-electron chi connectivity index (χ2n) is 8.04. The van der Waals surface area contributed by atoms with E-state index in [-0.39, 0.29) is 0 Å². The molecule has 3 fully saturated rings. The Morgan fingerprint density at radius 2 is 2.10 bits per heavy atom. The van der Waals surface area contributed by atoms with Crippen LogP contribution >= 0.6 is 0 Å². The maximum atomic E-state index is 13.2. The molecule has 4 rings (SSSR count). The second kappa shape index (κ2) is 4.84. The molecule has 1 spiro atoms. The van der Waals surface area contributed by atoms with E-state index in [4.69, 9.17) is 0 Å². The number of amides is 1. The molecule has 0 aromatic heterocycles. The van der Waals surface area contributed by atoms with Crippen LogP contribution in [0.25, 0.3) is 0 Å². The molecule has 21 heavy (non-hydrogen) atoms. The molecule has 0 unspecified atom stereocenters. The summed E-state index contributed by atoms with van der Waals surface area (Å²) in [5.41, 5.74) is 0.535. The van der Waals surface area contributed by atoms with E-state index < -0.39 is 0 Å². The Hall–Kier alpha value is -0.830. The summed E-state index contributed by atoms with van der Waals surface area (Å²) >= 11 is 0. The lowest BCUT2D eigenvalue weighted by molar-refractivity contribution is -0.140. The third-order valence-electron chi connectivity index (χ3n) is 6.53.